The minimum atomic E-state index is -0.413. The van der Waals surface area contributed by atoms with E-state index in [0.29, 0.717) is 25.3 Å². The highest BCUT2D eigenvalue weighted by Gasteiger charge is 2.19. The highest BCUT2D eigenvalue weighted by molar-refractivity contribution is 7.21. The van der Waals surface area contributed by atoms with Crippen molar-refractivity contribution >= 4 is 68.3 Å². The van der Waals surface area contributed by atoms with Crippen LogP contribution in [0.3, 0.4) is 0 Å². The third kappa shape index (κ3) is 3.48. The van der Waals surface area contributed by atoms with Crippen LogP contribution in [-0.4, -0.2) is 17.1 Å². The number of nitrogens with zero attached hydrogens (tertiary/aromatic N) is 2. The maximum Gasteiger partial charge on any atom is 0.283 e. The summed E-state index contributed by atoms with van der Waals surface area (Å²) < 4.78 is 0.744. The lowest BCUT2D eigenvalue weighted by molar-refractivity contribution is 0.0959. The number of hydrazone groups is 1. The smallest absolute Gasteiger partial charge is 0.266 e. The predicted octanol–water partition coefficient (Wildman–Crippen LogP) is 5.02. The second-order valence-corrected chi connectivity index (χ2v) is 6.77. The number of halogens is 3. The first-order chi connectivity index (χ1) is 11.1. The van der Waals surface area contributed by atoms with Gasteiger partial charge in [-0.1, -0.05) is 40.9 Å². The van der Waals surface area contributed by atoms with Crippen LogP contribution in [0.1, 0.15) is 15.2 Å². The van der Waals surface area contributed by atoms with Crippen LogP contribution in [0.4, 0.5) is 0 Å². The fourth-order valence-corrected chi connectivity index (χ4v) is 4.19. The van der Waals surface area contributed by atoms with Gasteiger partial charge < -0.3 is 0 Å². The van der Waals surface area contributed by atoms with E-state index in [2.05, 4.69) is 15.5 Å². The van der Waals surface area contributed by atoms with Gasteiger partial charge in [0.2, 0.25) is 0 Å². The number of rotatable bonds is 3. The van der Waals surface area contributed by atoms with Gasteiger partial charge in [-0.05, 0) is 18.2 Å². The molecule has 0 unspecified atom stereocenters. The average molecular weight is 385 g/mol. The van der Waals surface area contributed by atoms with Crippen LogP contribution in [0.25, 0.3) is 10.1 Å². The molecule has 116 valence electrons. The minimum Gasteiger partial charge on any atom is -0.266 e. The van der Waals surface area contributed by atoms with Crippen molar-refractivity contribution in [1.82, 2.24) is 10.4 Å². The third-order valence-corrected chi connectivity index (χ3v) is 5.06. The Labute approximate surface area is 150 Å². The first kappa shape index (κ1) is 16.2. The van der Waals surface area contributed by atoms with E-state index in [4.69, 9.17) is 34.8 Å². The largest absolute Gasteiger partial charge is 0.283 e. The maximum absolute atomic E-state index is 12.2. The number of aromatic nitrogens is 1. The Bertz CT molecular complexity index is 909. The molecular weight excluding hydrogens is 377 g/mol. The fourth-order valence-electron chi connectivity index (χ4n) is 1.93. The number of nitrogens with one attached hydrogen (secondary N) is 1. The van der Waals surface area contributed by atoms with Crippen molar-refractivity contribution in [2.45, 2.75) is 0 Å². The normalized spacial score (nSPS) is 11.3. The van der Waals surface area contributed by atoms with E-state index in [9.17, 15) is 4.79 Å². The molecule has 4 nitrogen and oxygen atoms in total. The summed E-state index contributed by atoms with van der Waals surface area (Å²) >= 11 is 19.6. The zero-order chi connectivity index (χ0) is 16.4. The van der Waals surface area contributed by atoms with Gasteiger partial charge in [0.25, 0.3) is 5.91 Å². The molecule has 0 aliphatic carbocycles. The lowest BCUT2D eigenvalue weighted by Gasteiger charge is -1.98. The molecule has 0 spiro atoms. The quantitative estimate of drug-likeness (QED) is 0.509. The number of carbonyl (C=O) groups excluding carboxylic acids is 1. The van der Waals surface area contributed by atoms with E-state index in [1.807, 2.05) is 6.07 Å². The Morgan fingerprint density at radius 3 is 2.87 bits per heavy atom. The molecule has 1 N–H and O–H groups in total. The molecule has 3 rings (SSSR count). The molecule has 0 radical (unpaired) electrons. The molecule has 8 heteroatoms. The fraction of sp³-hybridized carbons (Fsp3) is 0. The molecule has 3 aromatic rings. The van der Waals surface area contributed by atoms with Crippen molar-refractivity contribution in [3.63, 3.8) is 0 Å². The summed E-state index contributed by atoms with van der Waals surface area (Å²) in [5, 5.41) is 5.70. The number of fused-ring (bicyclic) bond motifs is 1. The molecular formula is C15H8Cl3N3OS. The van der Waals surface area contributed by atoms with E-state index in [1.54, 1.807) is 30.6 Å². The van der Waals surface area contributed by atoms with Crippen molar-refractivity contribution in [1.29, 1.82) is 0 Å². The van der Waals surface area contributed by atoms with Gasteiger partial charge in [0, 0.05) is 33.1 Å². The Morgan fingerprint density at radius 2 is 2.13 bits per heavy atom. The third-order valence-electron chi connectivity index (χ3n) is 2.92. The minimum absolute atomic E-state index is 0.292. The highest BCUT2D eigenvalue weighted by Crippen LogP contribution is 2.41. The molecule has 23 heavy (non-hydrogen) atoms. The van der Waals surface area contributed by atoms with Crippen molar-refractivity contribution < 1.29 is 4.79 Å². The van der Waals surface area contributed by atoms with Gasteiger partial charge in [-0.3, -0.25) is 9.78 Å². The molecule has 0 aliphatic heterocycles. The second-order valence-electron chi connectivity index (χ2n) is 4.49. The summed E-state index contributed by atoms with van der Waals surface area (Å²) in [5.74, 6) is -0.413. The van der Waals surface area contributed by atoms with E-state index in [0.717, 1.165) is 10.3 Å². The highest BCUT2D eigenvalue weighted by atomic mass is 35.5. The first-order valence-corrected chi connectivity index (χ1v) is 8.32. The second kappa shape index (κ2) is 6.84. The Balaban J connectivity index is 1.85. The van der Waals surface area contributed by atoms with Gasteiger partial charge in [-0.15, -0.1) is 11.3 Å². The zero-order valence-electron chi connectivity index (χ0n) is 11.4. The van der Waals surface area contributed by atoms with Crippen LogP contribution in [-0.2, 0) is 0 Å². The van der Waals surface area contributed by atoms with E-state index in [-0.39, 0.29) is 0 Å². The summed E-state index contributed by atoms with van der Waals surface area (Å²) in [5.41, 5.74) is 3.20. The number of pyridine rings is 1. The van der Waals surface area contributed by atoms with Crippen LogP contribution in [0, 0.1) is 0 Å². The molecule has 0 aliphatic rings. The van der Waals surface area contributed by atoms with Crippen molar-refractivity contribution in [3.8, 4) is 0 Å². The Kier molecular flexibility index (Phi) is 4.82. The van der Waals surface area contributed by atoms with Gasteiger partial charge >= 0.3 is 0 Å². The molecule has 2 aromatic heterocycles. The summed E-state index contributed by atoms with van der Waals surface area (Å²) in [6.45, 7) is 0. The number of carbonyl (C=O) groups is 1. The molecule has 0 bridgehead atoms. The molecule has 1 aromatic carbocycles. The standard InChI is InChI=1S/C15H8Cl3N3OS/c16-9-4-10(17)12-11(5-9)23-14(13(12)18)15(22)21-20-7-8-2-1-3-19-6-8/h1-7H,(H,21,22)/b20-7+. The molecule has 0 saturated carbocycles. The molecule has 2 heterocycles. The van der Waals surface area contributed by atoms with Crippen molar-refractivity contribution in [3.05, 3.63) is 62.2 Å². The van der Waals surface area contributed by atoms with Gasteiger partial charge in [0.15, 0.2) is 0 Å². The van der Waals surface area contributed by atoms with Gasteiger partial charge in [0.1, 0.15) is 4.88 Å². The van der Waals surface area contributed by atoms with E-state index in [1.165, 1.54) is 17.6 Å². The van der Waals surface area contributed by atoms with Crippen molar-refractivity contribution in [2.75, 3.05) is 0 Å². The van der Waals surface area contributed by atoms with Crippen LogP contribution in [0.5, 0.6) is 0 Å². The van der Waals surface area contributed by atoms with Crippen LogP contribution >= 0.6 is 46.1 Å². The maximum atomic E-state index is 12.2. The van der Waals surface area contributed by atoms with Crippen molar-refractivity contribution in [2.24, 2.45) is 5.10 Å². The summed E-state index contributed by atoms with van der Waals surface area (Å²) in [6, 6.07) is 6.90. The monoisotopic (exact) mass is 383 g/mol. The summed E-state index contributed by atoms with van der Waals surface area (Å²) in [4.78, 5) is 16.5. The Hall–Kier alpha value is -1.66. The molecule has 0 atom stereocenters. The van der Waals surface area contributed by atoms with Crippen LogP contribution < -0.4 is 5.43 Å². The number of hydrogen-bond acceptors (Lipinski definition) is 4. The summed E-state index contributed by atoms with van der Waals surface area (Å²) in [7, 11) is 0. The molecule has 1 amide bonds. The van der Waals surface area contributed by atoms with Crippen LogP contribution in [0.15, 0.2) is 41.8 Å². The SMILES string of the molecule is O=C(N/N=C/c1cccnc1)c1sc2cc(Cl)cc(Cl)c2c1Cl. The van der Waals surface area contributed by atoms with E-state index >= 15 is 0 Å². The molecule has 0 saturated heterocycles. The zero-order valence-corrected chi connectivity index (χ0v) is 14.5. The van der Waals surface area contributed by atoms with Gasteiger partial charge in [-0.2, -0.15) is 5.10 Å². The molecule has 0 fully saturated rings. The average Bonchev–Trinajstić information content (AvgIpc) is 2.85. The van der Waals surface area contributed by atoms with Gasteiger partial charge in [0.05, 0.1) is 16.3 Å². The topological polar surface area (TPSA) is 54.4 Å². The number of benzene rings is 1. The van der Waals surface area contributed by atoms with Gasteiger partial charge in [-0.25, -0.2) is 5.43 Å². The number of amides is 1. The lowest BCUT2D eigenvalue weighted by Crippen LogP contribution is -2.16. The first-order valence-electron chi connectivity index (χ1n) is 6.36. The van der Waals surface area contributed by atoms with Crippen LogP contribution in [0.2, 0.25) is 15.1 Å². The number of thiophene rings is 1. The Morgan fingerprint density at radius 1 is 1.30 bits per heavy atom. The van der Waals surface area contributed by atoms with E-state index < -0.39 is 5.91 Å². The lowest BCUT2D eigenvalue weighted by atomic mass is 10.2. The summed E-state index contributed by atoms with van der Waals surface area (Å²) in [6.07, 6.45) is 4.78. The predicted molar refractivity (Wildman–Crippen MR) is 96.2 cm³/mol. The number of hydrogen-bond donors (Lipinski definition) is 1.